The van der Waals surface area contributed by atoms with Crippen LogP contribution >= 0.6 is 0 Å². The van der Waals surface area contributed by atoms with Gasteiger partial charge in [0.15, 0.2) is 5.82 Å². The van der Waals surface area contributed by atoms with Crippen LogP contribution in [0.2, 0.25) is 0 Å². The molecule has 0 unspecified atom stereocenters. The van der Waals surface area contributed by atoms with E-state index in [1.54, 1.807) is 48.7 Å². The number of carbonyl (C=O) groups excluding carboxylic acids is 1. The second kappa shape index (κ2) is 10.3. The molecule has 0 aliphatic heterocycles. The molecule has 0 atom stereocenters. The van der Waals surface area contributed by atoms with Gasteiger partial charge in [0.2, 0.25) is 10.0 Å². The summed E-state index contributed by atoms with van der Waals surface area (Å²) >= 11 is 0. The fourth-order valence-electron chi connectivity index (χ4n) is 3.08. The first-order valence-electron chi connectivity index (χ1n) is 10.3. The highest BCUT2D eigenvalue weighted by Crippen LogP contribution is 2.16. The van der Waals surface area contributed by atoms with Crippen LogP contribution in [0.15, 0.2) is 90.2 Å². The van der Waals surface area contributed by atoms with E-state index in [2.05, 4.69) is 25.0 Å². The monoisotopic (exact) mass is 477 g/mol. The van der Waals surface area contributed by atoms with Gasteiger partial charge in [0.25, 0.3) is 5.91 Å². The standard InChI is InChI=1S/C24H20FN5O3S/c25-20-7-4-6-18(12-20)23-27-14-19(15-28-23)24(31)29-13-17-5-3-9-22(11-17)34(32,33)30-16-21-8-1-2-10-26-21/h1-12,14-15,30H,13,16H2,(H,29,31). The lowest BCUT2D eigenvalue weighted by molar-refractivity contribution is 0.0950. The van der Waals surface area contributed by atoms with Crippen molar-refractivity contribution >= 4 is 15.9 Å². The highest BCUT2D eigenvalue weighted by atomic mass is 32.2. The number of benzene rings is 2. The fraction of sp³-hybridized carbons (Fsp3) is 0.0833. The first-order chi connectivity index (χ1) is 16.4. The Morgan fingerprint density at radius 1 is 0.882 bits per heavy atom. The summed E-state index contributed by atoms with van der Waals surface area (Å²) < 4.78 is 41.1. The van der Waals surface area contributed by atoms with Gasteiger partial charge in [0.1, 0.15) is 5.82 Å². The summed E-state index contributed by atoms with van der Waals surface area (Å²) in [5, 5.41) is 2.72. The lowest BCUT2D eigenvalue weighted by Gasteiger charge is -2.09. The van der Waals surface area contributed by atoms with Gasteiger partial charge >= 0.3 is 0 Å². The molecule has 0 aliphatic carbocycles. The fourth-order valence-corrected chi connectivity index (χ4v) is 4.15. The van der Waals surface area contributed by atoms with Gasteiger partial charge in [-0.05, 0) is 42.0 Å². The van der Waals surface area contributed by atoms with Gasteiger partial charge in [-0.1, -0.05) is 30.3 Å². The summed E-state index contributed by atoms with van der Waals surface area (Å²) in [7, 11) is -3.76. The first kappa shape index (κ1) is 23.1. The van der Waals surface area contributed by atoms with Crippen molar-refractivity contribution in [3.63, 3.8) is 0 Å². The topological polar surface area (TPSA) is 114 Å². The zero-order valence-corrected chi connectivity index (χ0v) is 18.7. The van der Waals surface area contributed by atoms with Crippen LogP contribution in [0.3, 0.4) is 0 Å². The summed E-state index contributed by atoms with van der Waals surface area (Å²) in [6.45, 7) is 0.170. The molecule has 8 nitrogen and oxygen atoms in total. The van der Waals surface area contributed by atoms with E-state index in [-0.39, 0.29) is 23.5 Å². The molecule has 0 aliphatic rings. The largest absolute Gasteiger partial charge is 0.348 e. The zero-order chi connectivity index (χ0) is 24.0. The van der Waals surface area contributed by atoms with Gasteiger partial charge in [-0.25, -0.2) is 27.5 Å². The molecule has 0 bridgehead atoms. The second-order valence-electron chi connectivity index (χ2n) is 7.28. The molecule has 2 aromatic carbocycles. The van der Waals surface area contributed by atoms with Crippen LogP contribution in [0.5, 0.6) is 0 Å². The smallest absolute Gasteiger partial charge is 0.254 e. The molecule has 172 valence electrons. The van der Waals surface area contributed by atoms with E-state index in [9.17, 15) is 17.6 Å². The van der Waals surface area contributed by atoms with Crippen LogP contribution in [0.25, 0.3) is 11.4 Å². The van der Waals surface area contributed by atoms with Crippen LogP contribution in [-0.4, -0.2) is 29.3 Å². The number of halogens is 1. The van der Waals surface area contributed by atoms with E-state index in [1.165, 1.54) is 36.7 Å². The third kappa shape index (κ3) is 5.85. The predicted octanol–water partition coefficient (Wildman–Crippen LogP) is 3.09. The Hall–Kier alpha value is -4.02. The molecule has 0 saturated heterocycles. The van der Waals surface area contributed by atoms with Crippen molar-refractivity contribution in [3.8, 4) is 11.4 Å². The number of carbonyl (C=O) groups is 1. The molecule has 34 heavy (non-hydrogen) atoms. The maximum atomic E-state index is 13.4. The van der Waals surface area contributed by atoms with Crippen molar-refractivity contribution in [3.05, 3.63) is 108 Å². The Morgan fingerprint density at radius 3 is 2.41 bits per heavy atom. The van der Waals surface area contributed by atoms with Gasteiger partial charge < -0.3 is 5.32 Å². The Bertz CT molecular complexity index is 1400. The van der Waals surface area contributed by atoms with Crippen molar-refractivity contribution in [2.24, 2.45) is 0 Å². The number of hydrogen-bond acceptors (Lipinski definition) is 6. The van der Waals surface area contributed by atoms with Crippen molar-refractivity contribution in [2.45, 2.75) is 18.0 Å². The summed E-state index contributed by atoms with van der Waals surface area (Å²) in [5.74, 6) is -0.529. The molecular weight excluding hydrogens is 457 g/mol. The number of sulfonamides is 1. The van der Waals surface area contributed by atoms with Crippen molar-refractivity contribution in [2.75, 3.05) is 0 Å². The van der Waals surface area contributed by atoms with E-state index in [0.29, 0.717) is 22.6 Å². The van der Waals surface area contributed by atoms with Crippen LogP contribution < -0.4 is 10.0 Å². The van der Waals surface area contributed by atoms with Gasteiger partial charge in [-0.15, -0.1) is 0 Å². The summed E-state index contributed by atoms with van der Waals surface area (Å²) in [4.78, 5) is 24.9. The number of rotatable bonds is 8. The SMILES string of the molecule is O=C(NCc1cccc(S(=O)(=O)NCc2ccccn2)c1)c1cnc(-c2cccc(F)c2)nc1. The highest BCUT2D eigenvalue weighted by Gasteiger charge is 2.15. The molecule has 4 aromatic rings. The Kier molecular flexibility index (Phi) is 7.00. The number of amides is 1. The lowest BCUT2D eigenvalue weighted by atomic mass is 10.2. The molecule has 10 heteroatoms. The minimum absolute atomic E-state index is 0.0652. The summed E-state index contributed by atoms with van der Waals surface area (Å²) in [6, 6.07) is 17.4. The molecule has 0 spiro atoms. The quantitative estimate of drug-likeness (QED) is 0.403. The molecule has 0 fully saturated rings. The highest BCUT2D eigenvalue weighted by molar-refractivity contribution is 7.89. The number of pyridine rings is 1. The number of nitrogens with zero attached hydrogens (tertiary/aromatic N) is 3. The molecular formula is C24H20FN5O3S. The molecule has 2 heterocycles. The van der Waals surface area contributed by atoms with Gasteiger partial charge in [-0.2, -0.15) is 0 Å². The minimum atomic E-state index is -3.76. The number of aromatic nitrogens is 3. The van der Waals surface area contributed by atoms with Crippen LogP contribution in [0.1, 0.15) is 21.6 Å². The third-order valence-corrected chi connectivity index (χ3v) is 6.23. The molecule has 0 radical (unpaired) electrons. The Morgan fingerprint density at radius 2 is 1.68 bits per heavy atom. The van der Waals surface area contributed by atoms with Crippen LogP contribution in [-0.2, 0) is 23.1 Å². The zero-order valence-electron chi connectivity index (χ0n) is 17.8. The molecule has 2 N–H and O–H groups in total. The first-order valence-corrected chi connectivity index (χ1v) is 11.7. The van der Waals surface area contributed by atoms with Crippen LogP contribution in [0.4, 0.5) is 4.39 Å². The maximum Gasteiger partial charge on any atom is 0.254 e. The molecule has 1 amide bonds. The minimum Gasteiger partial charge on any atom is -0.348 e. The molecule has 0 saturated carbocycles. The van der Waals surface area contributed by atoms with Gasteiger partial charge in [0.05, 0.1) is 22.7 Å². The number of hydrogen-bond donors (Lipinski definition) is 2. The van der Waals surface area contributed by atoms with Gasteiger partial charge in [0, 0.05) is 30.7 Å². The van der Waals surface area contributed by atoms with Crippen molar-refractivity contribution < 1.29 is 17.6 Å². The summed E-state index contributed by atoms with van der Waals surface area (Å²) in [6.07, 6.45) is 4.29. The van der Waals surface area contributed by atoms with Gasteiger partial charge in [-0.3, -0.25) is 9.78 Å². The normalized spacial score (nSPS) is 11.2. The van der Waals surface area contributed by atoms with E-state index in [0.717, 1.165) is 0 Å². The Balaban J connectivity index is 1.38. The average molecular weight is 478 g/mol. The van der Waals surface area contributed by atoms with Crippen molar-refractivity contribution in [1.29, 1.82) is 0 Å². The molecule has 4 rings (SSSR count). The Labute approximate surface area is 196 Å². The lowest BCUT2D eigenvalue weighted by Crippen LogP contribution is -2.25. The van der Waals surface area contributed by atoms with E-state index < -0.39 is 21.7 Å². The predicted molar refractivity (Wildman–Crippen MR) is 123 cm³/mol. The van der Waals surface area contributed by atoms with Crippen LogP contribution in [0, 0.1) is 5.82 Å². The number of nitrogens with one attached hydrogen (secondary N) is 2. The molecule has 2 aromatic heterocycles. The maximum absolute atomic E-state index is 13.4. The average Bonchev–Trinajstić information content (AvgIpc) is 2.87. The summed E-state index contributed by atoms with van der Waals surface area (Å²) in [5.41, 5.74) is 1.93. The van der Waals surface area contributed by atoms with E-state index in [1.807, 2.05) is 0 Å². The van der Waals surface area contributed by atoms with E-state index >= 15 is 0 Å². The second-order valence-corrected chi connectivity index (χ2v) is 9.05. The van der Waals surface area contributed by atoms with E-state index in [4.69, 9.17) is 0 Å². The third-order valence-electron chi connectivity index (χ3n) is 4.83. The van der Waals surface area contributed by atoms with Crippen molar-refractivity contribution in [1.82, 2.24) is 25.0 Å².